The molecule has 1 aliphatic carbocycles. The molecule has 0 unspecified atom stereocenters. The molecule has 3 fully saturated rings. The molecule has 1 spiro atoms. The van der Waals surface area contributed by atoms with Crippen LogP contribution in [0.1, 0.15) is 64.3 Å². The fraction of sp³-hybridized carbons (Fsp3) is 0.629. The molecular formula is C35H48FN7O4. The maximum absolute atomic E-state index is 14.4. The highest BCUT2D eigenvalue weighted by Gasteiger charge is 2.51. The molecule has 2 aromatic heterocycles. The number of morpholine rings is 1. The van der Waals surface area contributed by atoms with E-state index in [-0.39, 0.29) is 48.1 Å². The Morgan fingerprint density at radius 2 is 1.96 bits per heavy atom. The molecule has 1 amide bonds. The Kier molecular flexibility index (Phi) is 8.11. The maximum atomic E-state index is 14.4. The van der Waals surface area contributed by atoms with Gasteiger partial charge in [-0.1, -0.05) is 26.0 Å². The number of rotatable bonds is 8. The van der Waals surface area contributed by atoms with Crippen molar-refractivity contribution in [1.29, 1.82) is 0 Å². The van der Waals surface area contributed by atoms with Gasteiger partial charge in [0.05, 0.1) is 43.3 Å². The standard InChI is InChI=1S/C35H48FN7O4/c1-23-17-39(27(16-37-23)18-40-12-13-47-22-35(40)10-11-35)19-29(44)41-20-33(2,3)30-28(41)15-25(14-24-6-8-26(36)9-7-24)31-38-42(21-34(4,5)46)32(45)43(30)31/h6-9,15,23,27,37,46H,10-14,16-22H2,1-5H3/t23-,27-/m1/s1. The number of fused-ring (bicyclic) bond motifs is 3. The van der Waals surface area contributed by atoms with Crippen LogP contribution >= 0.6 is 0 Å². The van der Waals surface area contributed by atoms with Crippen molar-refractivity contribution in [2.75, 3.05) is 57.4 Å². The van der Waals surface area contributed by atoms with E-state index in [4.69, 9.17) is 9.84 Å². The van der Waals surface area contributed by atoms with Gasteiger partial charge >= 0.3 is 5.69 Å². The summed E-state index contributed by atoms with van der Waals surface area (Å²) in [6.07, 6.45) is 2.74. The molecule has 3 aliphatic heterocycles. The number of hydrogen-bond donors (Lipinski definition) is 2. The second-order valence-corrected chi connectivity index (χ2v) is 15.6. The summed E-state index contributed by atoms with van der Waals surface area (Å²) in [4.78, 5) is 35.2. The number of nitrogens with one attached hydrogen (secondary N) is 1. The molecular weight excluding hydrogens is 601 g/mol. The van der Waals surface area contributed by atoms with E-state index in [1.807, 2.05) is 11.0 Å². The number of aromatic nitrogens is 3. The topological polar surface area (TPSA) is 108 Å². The summed E-state index contributed by atoms with van der Waals surface area (Å²) in [5.41, 5.74) is 1.69. The quantitative estimate of drug-likeness (QED) is 0.383. The lowest BCUT2D eigenvalue weighted by Gasteiger charge is -2.44. The fourth-order valence-corrected chi connectivity index (χ4v) is 7.86. The fourth-order valence-electron chi connectivity index (χ4n) is 7.86. The Bertz CT molecular complexity index is 1720. The SMILES string of the molecule is C[C@@H]1CN(CC(=O)N2CC(C)(C)c3c2cc(Cc2ccc(F)cc2)c2nn(CC(C)(C)O)c(=O)n32)[C@@H](CN2CCOCC23CC3)CN1. The zero-order valence-corrected chi connectivity index (χ0v) is 28.3. The minimum absolute atomic E-state index is 0.00283. The highest BCUT2D eigenvalue weighted by atomic mass is 19.1. The first-order chi connectivity index (χ1) is 22.2. The molecule has 7 rings (SSSR count). The molecule has 254 valence electrons. The first kappa shape index (κ1) is 32.4. The summed E-state index contributed by atoms with van der Waals surface area (Å²) in [5.74, 6) is -0.318. The Labute approximate surface area is 275 Å². The average molecular weight is 650 g/mol. The molecule has 0 radical (unpaired) electrons. The number of pyridine rings is 1. The molecule has 2 N–H and O–H groups in total. The van der Waals surface area contributed by atoms with Gasteiger partial charge in [0.15, 0.2) is 5.65 Å². The van der Waals surface area contributed by atoms with Crippen molar-refractivity contribution < 1.29 is 19.0 Å². The molecule has 1 aromatic carbocycles. The third kappa shape index (κ3) is 6.26. The molecule has 47 heavy (non-hydrogen) atoms. The third-order valence-electron chi connectivity index (χ3n) is 10.4. The predicted octanol–water partition coefficient (Wildman–Crippen LogP) is 2.15. The number of ether oxygens (including phenoxy) is 1. The lowest BCUT2D eigenvalue weighted by Crippen LogP contribution is -2.62. The van der Waals surface area contributed by atoms with Crippen LogP contribution in [0.5, 0.6) is 0 Å². The number of benzene rings is 1. The van der Waals surface area contributed by atoms with Gasteiger partial charge in [0.2, 0.25) is 5.91 Å². The summed E-state index contributed by atoms with van der Waals surface area (Å²) in [5, 5.41) is 18.9. The summed E-state index contributed by atoms with van der Waals surface area (Å²) in [7, 11) is 0. The van der Waals surface area contributed by atoms with Gasteiger partial charge in [-0.15, -0.1) is 5.10 Å². The Hall–Kier alpha value is -3.16. The summed E-state index contributed by atoms with van der Waals surface area (Å²) >= 11 is 0. The van der Waals surface area contributed by atoms with Gasteiger partial charge in [-0.3, -0.25) is 14.6 Å². The smallest absolute Gasteiger partial charge is 0.350 e. The van der Waals surface area contributed by atoms with Crippen molar-refractivity contribution in [2.24, 2.45) is 0 Å². The molecule has 3 aromatic rings. The number of anilines is 1. The van der Waals surface area contributed by atoms with Crippen LogP contribution in [0.25, 0.3) is 5.65 Å². The van der Waals surface area contributed by atoms with Crippen molar-refractivity contribution >= 4 is 17.2 Å². The highest BCUT2D eigenvalue weighted by Crippen LogP contribution is 2.44. The van der Waals surface area contributed by atoms with Crippen LogP contribution in [-0.2, 0) is 27.9 Å². The lowest BCUT2D eigenvalue weighted by atomic mass is 9.90. The largest absolute Gasteiger partial charge is 0.389 e. The molecule has 11 nitrogen and oxygen atoms in total. The van der Waals surface area contributed by atoms with E-state index in [2.05, 4.69) is 35.9 Å². The van der Waals surface area contributed by atoms with Gasteiger partial charge in [0.25, 0.3) is 0 Å². The Morgan fingerprint density at radius 3 is 2.66 bits per heavy atom. The van der Waals surface area contributed by atoms with E-state index < -0.39 is 11.0 Å². The van der Waals surface area contributed by atoms with Crippen LogP contribution in [0, 0.1) is 5.82 Å². The minimum atomic E-state index is -1.16. The van der Waals surface area contributed by atoms with Crippen molar-refractivity contribution in [2.45, 2.75) is 89.1 Å². The number of carbonyl (C=O) groups is 1. The monoisotopic (exact) mass is 649 g/mol. The predicted molar refractivity (Wildman–Crippen MR) is 178 cm³/mol. The van der Waals surface area contributed by atoms with Gasteiger partial charge in [-0.25, -0.2) is 18.3 Å². The number of aliphatic hydroxyl groups is 1. The first-order valence-corrected chi connectivity index (χ1v) is 17.0. The van der Waals surface area contributed by atoms with Gasteiger partial charge in [-0.05, 0) is 57.4 Å². The Morgan fingerprint density at radius 1 is 1.21 bits per heavy atom. The van der Waals surface area contributed by atoms with E-state index in [1.165, 1.54) is 29.7 Å². The highest BCUT2D eigenvalue weighted by molar-refractivity contribution is 5.98. The van der Waals surface area contributed by atoms with Crippen LogP contribution in [0.2, 0.25) is 0 Å². The summed E-state index contributed by atoms with van der Waals surface area (Å²) in [6.45, 7) is 15.3. The van der Waals surface area contributed by atoms with Gasteiger partial charge in [0.1, 0.15) is 5.82 Å². The number of halogens is 1. The van der Waals surface area contributed by atoms with Gasteiger partial charge in [-0.2, -0.15) is 0 Å². The molecule has 4 aliphatic rings. The number of nitrogens with zero attached hydrogens (tertiary/aromatic N) is 6. The van der Waals surface area contributed by atoms with Crippen molar-refractivity contribution in [3.63, 3.8) is 0 Å². The molecule has 2 saturated heterocycles. The molecule has 12 heteroatoms. The van der Waals surface area contributed by atoms with Gasteiger partial charge in [0, 0.05) is 67.7 Å². The molecule has 2 atom stereocenters. The number of amides is 1. The van der Waals surface area contributed by atoms with E-state index in [9.17, 15) is 19.1 Å². The third-order valence-corrected chi connectivity index (χ3v) is 10.4. The minimum Gasteiger partial charge on any atom is -0.389 e. The zero-order valence-electron chi connectivity index (χ0n) is 28.3. The first-order valence-electron chi connectivity index (χ1n) is 17.0. The van der Waals surface area contributed by atoms with Crippen LogP contribution in [0.15, 0.2) is 35.1 Å². The second kappa shape index (κ2) is 11.8. The Balaban J connectivity index is 1.24. The molecule has 5 heterocycles. The van der Waals surface area contributed by atoms with Crippen LogP contribution in [0.3, 0.4) is 0 Å². The summed E-state index contributed by atoms with van der Waals surface area (Å²) in [6, 6.07) is 8.75. The van der Waals surface area contributed by atoms with E-state index in [0.29, 0.717) is 24.3 Å². The van der Waals surface area contributed by atoms with Crippen LogP contribution in [0.4, 0.5) is 10.1 Å². The van der Waals surface area contributed by atoms with E-state index >= 15 is 0 Å². The van der Waals surface area contributed by atoms with Gasteiger partial charge < -0.3 is 20.1 Å². The van der Waals surface area contributed by atoms with E-state index in [1.54, 1.807) is 30.4 Å². The van der Waals surface area contributed by atoms with E-state index in [0.717, 1.165) is 56.2 Å². The lowest BCUT2D eigenvalue weighted by molar-refractivity contribution is -0.121. The molecule has 1 saturated carbocycles. The average Bonchev–Trinajstić information content (AvgIpc) is 3.62. The van der Waals surface area contributed by atoms with Crippen molar-refractivity contribution in [3.05, 3.63) is 63.5 Å². The van der Waals surface area contributed by atoms with Crippen LogP contribution in [-0.4, -0.2) is 111 Å². The molecule has 0 bridgehead atoms. The number of piperazine rings is 1. The number of hydrogen-bond acceptors (Lipinski definition) is 8. The van der Waals surface area contributed by atoms with Crippen LogP contribution < -0.4 is 15.9 Å². The zero-order chi connectivity index (χ0) is 33.3. The number of carbonyl (C=O) groups excluding carboxylic acids is 1. The second-order valence-electron chi connectivity index (χ2n) is 15.6. The maximum Gasteiger partial charge on any atom is 0.350 e. The van der Waals surface area contributed by atoms with Crippen molar-refractivity contribution in [1.82, 2.24) is 29.3 Å². The summed E-state index contributed by atoms with van der Waals surface area (Å²) < 4.78 is 22.5. The normalized spacial score (nSPS) is 24.3. The van der Waals surface area contributed by atoms with Crippen molar-refractivity contribution in [3.8, 4) is 0 Å².